The molecule has 1 atom stereocenters. The number of hydrogen-bond donors (Lipinski definition) is 2. The van der Waals surface area contributed by atoms with Gasteiger partial charge in [-0.2, -0.15) is 5.26 Å². The zero-order valence-corrected chi connectivity index (χ0v) is 10.3. The third-order valence-corrected chi connectivity index (χ3v) is 2.23. The lowest BCUT2D eigenvalue weighted by Crippen LogP contribution is -2.10. The minimum absolute atomic E-state index is 0. The molecule has 8 heteroatoms. The molecule has 1 aromatic carbocycles. The Bertz CT molecular complexity index is 487. The van der Waals surface area contributed by atoms with Crippen LogP contribution >= 0.6 is 12.4 Å². The van der Waals surface area contributed by atoms with E-state index >= 15 is 0 Å². The third kappa shape index (κ3) is 3.23. The molecule has 0 amide bonds. The van der Waals surface area contributed by atoms with Crippen LogP contribution < -0.4 is 10.5 Å². The largest absolute Gasteiger partial charge is 0.504 e. The molecule has 0 unspecified atom stereocenters. The molecule has 3 N–H and O–H groups in total. The minimum atomic E-state index is -0.797. The topological polar surface area (TPSA) is 122 Å². The first kappa shape index (κ1) is 16.0. The Hall–Kier alpha value is -2.04. The molecule has 7 nitrogen and oxygen atoms in total. The number of nitro groups is 1. The van der Waals surface area contributed by atoms with Crippen LogP contribution in [-0.2, 0) is 0 Å². The number of phenols is 1. The molecule has 0 aliphatic heterocycles. The van der Waals surface area contributed by atoms with Gasteiger partial charge >= 0.3 is 0 Å². The van der Waals surface area contributed by atoms with Gasteiger partial charge in [0, 0.05) is 17.7 Å². The van der Waals surface area contributed by atoms with Crippen molar-refractivity contribution in [2.75, 3.05) is 7.11 Å². The van der Waals surface area contributed by atoms with Crippen molar-refractivity contribution in [1.29, 1.82) is 5.26 Å². The summed E-state index contributed by atoms with van der Waals surface area (Å²) >= 11 is 0. The van der Waals surface area contributed by atoms with Crippen LogP contribution in [0.1, 0.15) is 18.0 Å². The summed E-state index contributed by atoms with van der Waals surface area (Å²) < 4.78 is 4.81. The number of methoxy groups -OCH3 is 1. The molecule has 1 rings (SSSR count). The zero-order chi connectivity index (χ0) is 13.0. The quantitative estimate of drug-likeness (QED) is 0.635. The maximum atomic E-state index is 10.7. The molecule has 0 radical (unpaired) electrons. The van der Waals surface area contributed by atoms with Gasteiger partial charge in [0.05, 0.1) is 30.6 Å². The van der Waals surface area contributed by atoms with Gasteiger partial charge in [0.15, 0.2) is 11.5 Å². The Labute approximate surface area is 109 Å². The Morgan fingerprint density at radius 2 is 2.28 bits per heavy atom. The summed E-state index contributed by atoms with van der Waals surface area (Å²) in [5.74, 6) is -0.316. The molecule has 1 aromatic rings. The normalized spacial score (nSPS) is 10.9. The first-order valence-corrected chi connectivity index (χ1v) is 4.69. The number of aromatic hydroxyl groups is 1. The van der Waals surface area contributed by atoms with Crippen LogP contribution in [0.15, 0.2) is 12.1 Å². The van der Waals surface area contributed by atoms with E-state index < -0.39 is 11.0 Å². The minimum Gasteiger partial charge on any atom is -0.504 e. The van der Waals surface area contributed by atoms with E-state index in [9.17, 15) is 15.2 Å². The third-order valence-electron chi connectivity index (χ3n) is 2.23. The summed E-state index contributed by atoms with van der Waals surface area (Å²) in [6, 6.07) is 3.27. The lowest BCUT2D eigenvalue weighted by Gasteiger charge is -2.12. The highest BCUT2D eigenvalue weighted by Gasteiger charge is 2.20. The summed E-state index contributed by atoms with van der Waals surface area (Å²) in [4.78, 5) is 10.1. The maximum absolute atomic E-state index is 10.7. The van der Waals surface area contributed by atoms with Crippen LogP contribution in [0.3, 0.4) is 0 Å². The number of halogens is 1. The fraction of sp³-hybridized carbons (Fsp3) is 0.300. The van der Waals surface area contributed by atoms with Gasteiger partial charge in [0.2, 0.25) is 0 Å². The molecule has 0 saturated heterocycles. The predicted octanol–water partition coefficient (Wildman–Crippen LogP) is 1.64. The Kier molecular flexibility index (Phi) is 5.88. The standard InChI is InChI=1S/C10H11N3O4.ClH/c1-17-9-5-6(13(15)16)4-7(10(9)14)8(12)2-3-11;/h4-5,8,14H,2,12H2,1H3;1H/t8-;/m0./s1. The first-order valence-electron chi connectivity index (χ1n) is 4.69. The molecule has 0 aromatic heterocycles. The number of nitriles is 1. The Balaban J connectivity index is 0.00000289. The second-order valence-electron chi connectivity index (χ2n) is 3.31. The van der Waals surface area contributed by atoms with Gasteiger partial charge in [-0.3, -0.25) is 10.1 Å². The fourth-order valence-electron chi connectivity index (χ4n) is 1.37. The second kappa shape index (κ2) is 6.64. The van der Waals surface area contributed by atoms with Gasteiger partial charge in [-0.15, -0.1) is 12.4 Å². The lowest BCUT2D eigenvalue weighted by molar-refractivity contribution is -0.385. The monoisotopic (exact) mass is 273 g/mol. The molecule has 0 fully saturated rings. The van der Waals surface area contributed by atoms with Crippen molar-refractivity contribution in [3.8, 4) is 17.6 Å². The predicted molar refractivity (Wildman–Crippen MR) is 65.7 cm³/mol. The lowest BCUT2D eigenvalue weighted by atomic mass is 10.0. The van der Waals surface area contributed by atoms with Crippen LogP contribution in [-0.4, -0.2) is 17.1 Å². The van der Waals surface area contributed by atoms with Crippen molar-refractivity contribution >= 4 is 18.1 Å². The molecule has 0 heterocycles. The number of nitrogens with zero attached hydrogens (tertiary/aromatic N) is 2. The van der Waals surface area contributed by atoms with Gasteiger partial charge in [0.25, 0.3) is 5.69 Å². The smallest absolute Gasteiger partial charge is 0.273 e. The van der Waals surface area contributed by atoms with E-state index in [2.05, 4.69) is 0 Å². The number of nitro benzene ring substituents is 1. The number of rotatable bonds is 4. The van der Waals surface area contributed by atoms with E-state index in [0.717, 1.165) is 12.1 Å². The highest BCUT2D eigenvalue weighted by atomic mass is 35.5. The summed E-state index contributed by atoms with van der Waals surface area (Å²) in [6.07, 6.45) is -0.0577. The van der Waals surface area contributed by atoms with Crippen LogP contribution in [0.5, 0.6) is 11.5 Å². The number of nitrogens with two attached hydrogens (primary N) is 1. The highest BCUT2D eigenvalue weighted by Crippen LogP contribution is 2.37. The summed E-state index contributed by atoms with van der Waals surface area (Å²) in [6.45, 7) is 0. The van der Waals surface area contributed by atoms with E-state index in [4.69, 9.17) is 15.7 Å². The average molecular weight is 274 g/mol. The molecule has 98 valence electrons. The molecule has 0 bridgehead atoms. The van der Waals surface area contributed by atoms with Gasteiger partial charge < -0.3 is 15.6 Å². The van der Waals surface area contributed by atoms with E-state index in [1.54, 1.807) is 0 Å². The van der Waals surface area contributed by atoms with Crippen molar-refractivity contribution in [2.24, 2.45) is 5.73 Å². The van der Waals surface area contributed by atoms with Crippen LogP contribution in [0.25, 0.3) is 0 Å². The number of benzene rings is 1. The van der Waals surface area contributed by atoms with Crippen LogP contribution in [0.2, 0.25) is 0 Å². The SMILES string of the molecule is COc1cc([N+](=O)[O-])cc([C@@H](N)CC#N)c1O.Cl. The average Bonchev–Trinajstić information content (AvgIpc) is 2.29. The Morgan fingerprint density at radius 3 is 2.72 bits per heavy atom. The molecular formula is C10H12ClN3O4. The number of non-ortho nitro benzene ring substituents is 1. The van der Waals surface area contributed by atoms with E-state index in [1.807, 2.05) is 6.07 Å². The van der Waals surface area contributed by atoms with Crippen molar-refractivity contribution < 1.29 is 14.8 Å². The van der Waals surface area contributed by atoms with Gasteiger partial charge in [-0.1, -0.05) is 0 Å². The maximum Gasteiger partial charge on any atom is 0.273 e. The molecular weight excluding hydrogens is 262 g/mol. The summed E-state index contributed by atoms with van der Waals surface area (Å²) in [7, 11) is 1.28. The van der Waals surface area contributed by atoms with Crippen molar-refractivity contribution in [1.82, 2.24) is 0 Å². The summed E-state index contributed by atoms with van der Waals surface area (Å²) in [5, 5.41) is 28.9. The van der Waals surface area contributed by atoms with Gasteiger partial charge in [-0.05, 0) is 0 Å². The van der Waals surface area contributed by atoms with E-state index in [1.165, 1.54) is 7.11 Å². The summed E-state index contributed by atoms with van der Waals surface area (Å²) in [5.41, 5.74) is 5.51. The van der Waals surface area contributed by atoms with E-state index in [-0.39, 0.29) is 41.6 Å². The molecule has 0 aliphatic carbocycles. The number of phenolic OH excluding ortho intramolecular Hbond substituents is 1. The molecule has 0 saturated carbocycles. The van der Waals surface area contributed by atoms with Gasteiger partial charge in [0.1, 0.15) is 0 Å². The van der Waals surface area contributed by atoms with Crippen molar-refractivity contribution in [3.63, 3.8) is 0 Å². The zero-order valence-electron chi connectivity index (χ0n) is 9.49. The van der Waals surface area contributed by atoms with Crippen LogP contribution in [0, 0.1) is 21.4 Å². The van der Waals surface area contributed by atoms with Crippen molar-refractivity contribution in [3.05, 3.63) is 27.8 Å². The van der Waals surface area contributed by atoms with Crippen LogP contribution in [0.4, 0.5) is 5.69 Å². The fourth-order valence-corrected chi connectivity index (χ4v) is 1.37. The molecule has 0 spiro atoms. The van der Waals surface area contributed by atoms with E-state index in [0.29, 0.717) is 0 Å². The highest BCUT2D eigenvalue weighted by molar-refractivity contribution is 5.85. The van der Waals surface area contributed by atoms with Crippen molar-refractivity contribution in [2.45, 2.75) is 12.5 Å². The number of ether oxygens (including phenoxy) is 1. The molecule has 0 aliphatic rings. The number of hydrogen-bond acceptors (Lipinski definition) is 6. The Morgan fingerprint density at radius 1 is 1.67 bits per heavy atom. The first-order chi connectivity index (χ1) is 8.01. The van der Waals surface area contributed by atoms with Gasteiger partial charge in [-0.25, -0.2) is 0 Å². The molecule has 18 heavy (non-hydrogen) atoms. The second-order valence-corrected chi connectivity index (χ2v) is 3.31.